The van der Waals surface area contributed by atoms with E-state index in [1.54, 1.807) is 24.3 Å². The predicted molar refractivity (Wildman–Crippen MR) is 109 cm³/mol. The minimum absolute atomic E-state index is 0.0161. The summed E-state index contributed by atoms with van der Waals surface area (Å²) < 4.78 is 43.4. The quantitative estimate of drug-likeness (QED) is 0.492. The Balaban J connectivity index is 1.26. The monoisotopic (exact) mass is 446 g/mol. The number of carbonyl (C=O) groups excluding carboxylic acids is 1. The number of carbonyl (C=O) groups is 1. The fourth-order valence-corrected chi connectivity index (χ4v) is 3.04. The SMILES string of the molecule is O=C(NCC(O)COc1cccc(C(F)(F)F)c1)c1ccc(-c2n[nH]c(C3CC3)n2)cc1. The third-order valence-electron chi connectivity index (χ3n) is 4.97. The Kier molecular flexibility index (Phi) is 6.13. The normalized spacial score (nSPS) is 14.8. The van der Waals surface area contributed by atoms with Crippen molar-refractivity contribution in [3.8, 4) is 17.1 Å². The van der Waals surface area contributed by atoms with Crippen molar-refractivity contribution in [1.29, 1.82) is 0 Å². The zero-order valence-electron chi connectivity index (χ0n) is 16.9. The van der Waals surface area contributed by atoms with Crippen LogP contribution in [0.25, 0.3) is 11.4 Å². The van der Waals surface area contributed by atoms with Crippen molar-refractivity contribution in [2.24, 2.45) is 0 Å². The number of nitrogens with zero attached hydrogens (tertiary/aromatic N) is 2. The first-order chi connectivity index (χ1) is 15.3. The van der Waals surface area contributed by atoms with Crippen molar-refractivity contribution >= 4 is 5.91 Å². The summed E-state index contributed by atoms with van der Waals surface area (Å²) in [6.45, 7) is -0.389. The van der Waals surface area contributed by atoms with E-state index < -0.39 is 23.8 Å². The molecular formula is C22H21F3N4O3. The largest absolute Gasteiger partial charge is 0.491 e. The molecule has 1 saturated carbocycles. The molecule has 0 radical (unpaired) electrons. The van der Waals surface area contributed by atoms with Crippen molar-refractivity contribution in [2.75, 3.05) is 13.2 Å². The van der Waals surface area contributed by atoms with Gasteiger partial charge in [-0.3, -0.25) is 9.89 Å². The number of benzene rings is 2. The molecule has 168 valence electrons. The Morgan fingerprint density at radius 3 is 2.66 bits per heavy atom. The molecule has 1 aromatic heterocycles. The van der Waals surface area contributed by atoms with E-state index in [4.69, 9.17) is 4.74 Å². The highest BCUT2D eigenvalue weighted by atomic mass is 19.4. The number of hydrogen-bond donors (Lipinski definition) is 3. The highest BCUT2D eigenvalue weighted by Crippen LogP contribution is 2.38. The van der Waals surface area contributed by atoms with E-state index >= 15 is 0 Å². The van der Waals surface area contributed by atoms with Gasteiger partial charge in [-0.2, -0.15) is 18.3 Å². The van der Waals surface area contributed by atoms with E-state index in [0.717, 1.165) is 36.4 Å². The Morgan fingerprint density at radius 2 is 1.97 bits per heavy atom. The maximum atomic E-state index is 12.7. The second-order valence-electron chi connectivity index (χ2n) is 7.60. The first-order valence-electron chi connectivity index (χ1n) is 10.1. The number of nitrogens with one attached hydrogen (secondary N) is 2. The molecule has 4 rings (SSSR count). The number of alkyl halides is 3. The average molecular weight is 446 g/mol. The van der Waals surface area contributed by atoms with Gasteiger partial charge in [0.25, 0.3) is 5.91 Å². The lowest BCUT2D eigenvalue weighted by atomic mass is 10.1. The molecule has 2 aromatic carbocycles. The van der Waals surface area contributed by atoms with Crippen molar-refractivity contribution in [2.45, 2.75) is 31.0 Å². The van der Waals surface area contributed by atoms with E-state index in [-0.39, 0.29) is 18.9 Å². The molecule has 10 heteroatoms. The second-order valence-corrected chi connectivity index (χ2v) is 7.60. The lowest BCUT2D eigenvalue weighted by Gasteiger charge is -2.14. The Labute approximate surface area is 181 Å². The highest BCUT2D eigenvalue weighted by molar-refractivity contribution is 5.94. The standard InChI is InChI=1S/C22H21F3N4O3/c23-22(24,25)16-2-1-3-18(10-16)32-12-17(30)11-26-21(31)15-8-6-14(7-9-15)20-27-19(28-29-20)13-4-5-13/h1-3,6-10,13,17,30H,4-5,11-12H2,(H,26,31)(H,27,28,29). The van der Waals surface area contributed by atoms with Crippen LogP contribution in [0.15, 0.2) is 48.5 Å². The van der Waals surface area contributed by atoms with Crippen LogP contribution < -0.4 is 10.1 Å². The lowest BCUT2D eigenvalue weighted by Crippen LogP contribution is -2.35. The molecule has 0 aliphatic heterocycles. The van der Waals surface area contributed by atoms with Crippen LogP contribution in [0.1, 0.15) is 40.5 Å². The summed E-state index contributed by atoms with van der Waals surface area (Å²) in [4.78, 5) is 16.8. The number of aromatic amines is 1. The zero-order valence-corrected chi connectivity index (χ0v) is 16.9. The highest BCUT2D eigenvalue weighted by Gasteiger charge is 2.30. The Morgan fingerprint density at radius 1 is 1.22 bits per heavy atom. The summed E-state index contributed by atoms with van der Waals surface area (Å²) in [5.41, 5.74) is 0.326. The smallest absolute Gasteiger partial charge is 0.416 e. The molecule has 7 nitrogen and oxygen atoms in total. The number of aromatic nitrogens is 3. The molecule has 1 heterocycles. The van der Waals surface area contributed by atoms with Crippen LogP contribution in [0.2, 0.25) is 0 Å². The molecular weight excluding hydrogens is 425 g/mol. The van der Waals surface area contributed by atoms with Crippen LogP contribution in [-0.2, 0) is 6.18 Å². The van der Waals surface area contributed by atoms with Gasteiger partial charge in [-0.25, -0.2) is 4.98 Å². The van der Waals surface area contributed by atoms with Crippen molar-refractivity contribution < 1.29 is 27.8 Å². The number of rotatable bonds is 8. The molecule has 1 amide bonds. The maximum Gasteiger partial charge on any atom is 0.416 e. The van der Waals surface area contributed by atoms with Crippen LogP contribution in [-0.4, -0.2) is 45.5 Å². The van der Waals surface area contributed by atoms with Gasteiger partial charge in [0.1, 0.15) is 24.3 Å². The molecule has 32 heavy (non-hydrogen) atoms. The first kappa shape index (κ1) is 21.8. The minimum Gasteiger partial charge on any atom is -0.491 e. The summed E-state index contributed by atoms with van der Waals surface area (Å²) in [6.07, 6.45) is -3.34. The van der Waals surface area contributed by atoms with Gasteiger partial charge >= 0.3 is 6.18 Å². The van der Waals surface area contributed by atoms with Crippen LogP contribution in [0.3, 0.4) is 0 Å². The predicted octanol–water partition coefficient (Wildman–Crippen LogP) is 3.54. The summed E-state index contributed by atoms with van der Waals surface area (Å²) >= 11 is 0. The number of ether oxygens (including phenoxy) is 1. The molecule has 3 aromatic rings. The van der Waals surface area contributed by atoms with Crippen LogP contribution in [0, 0.1) is 0 Å². The summed E-state index contributed by atoms with van der Waals surface area (Å²) in [5, 5.41) is 19.7. The molecule has 0 saturated heterocycles. The van der Waals surface area contributed by atoms with Gasteiger partial charge in [-0.15, -0.1) is 0 Å². The third kappa shape index (κ3) is 5.44. The zero-order chi connectivity index (χ0) is 22.7. The molecule has 1 aliphatic carbocycles. The Bertz CT molecular complexity index is 1080. The van der Waals surface area contributed by atoms with Gasteiger partial charge in [0, 0.05) is 23.6 Å². The molecule has 1 aliphatic rings. The van der Waals surface area contributed by atoms with Gasteiger partial charge < -0.3 is 15.2 Å². The van der Waals surface area contributed by atoms with Gasteiger partial charge in [0.05, 0.1) is 5.56 Å². The maximum absolute atomic E-state index is 12.7. The van der Waals surface area contributed by atoms with E-state index in [1.807, 2.05) is 0 Å². The van der Waals surface area contributed by atoms with Crippen molar-refractivity contribution in [1.82, 2.24) is 20.5 Å². The summed E-state index contributed by atoms with van der Waals surface area (Å²) in [5.74, 6) is 1.50. The second kappa shape index (κ2) is 8.99. The third-order valence-corrected chi connectivity index (χ3v) is 4.97. The van der Waals surface area contributed by atoms with E-state index in [0.29, 0.717) is 17.3 Å². The van der Waals surface area contributed by atoms with E-state index in [9.17, 15) is 23.1 Å². The topological polar surface area (TPSA) is 100 Å². The number of hydrogen-bond acceptors (Lipinski definition) is 5. The number of aliphatic hydroxyl groups excluding tert-OH is 1. The van der Waals surface area contributed by atoms with Crippen LogP contribution in [0.5, 0.6) is 5.75 Å². The fraction of sp³-hybridized carbons (Fsp3) is 0.318. The number of aliphatic hydroxyl groups is 1. The van der Waals surface area contributed by atoms with E-state index in [2.05, 4.69) is 20.5 Å². The number of amides is 1. The molecule has 3 N–H and O–H groups in total. The van der Waals surface area contributed by atoms with Gasteiger partial charge in [0.2, 0.25) is 0 Å². The van der Waals surface area contributed by atoms with Crippen LogP contribution in [0.4, 0.5) is 13.2 Å². The molecule has 0 spiro atoms. The molecule has 1 atom stereocenters. The number of H-pyrrole nitrogens is 1. The van der Waals surface area contributed by atoms with Gasteiger partial charge in [-0.1, -0.05) is 18.2 Å². The van der Waals surface area contributed by atoms with Crippen LogP contribution >= 0.6 is 0 Å². The average Bonchev–Trinajstić information content (AvgIpc) is 3.52. The number of halogens is 3. The minimum atomic E-state index is -4.48. The molecule has 0 bridgehead atoms. The van der Waals surface area contributed by atoms with Gasteiger partial charge in [-0.05, 0) is 43.2 Å². The first-order valence-corrected chi connectivity index (χ1v) is 10.1. The fourth-order valence-electron chi connectivity index (χ4n) is 3.04. The molecule has 1 fully saturated rings. The summed E-state index contributed by atoms with van der Waals surface area (Å²) in [6, 6.07) is 11.1. The van der Waals surface area contributed by atoms with Crippen molar-refractivity contribution in [3.63, 3.8) is 0 Å². The van der Waals surface area contributed by atoms with Crippen molar-refractivity contribution in [3.05, 3.63) is 65.5 Å². The lowest BCUT2D eigenvalue weighted by molar-refractivity contribution is -0.137. The van der Waals surface area contributed by atoms with E-state index in [1.165, 1.54) is 12.1 Å². The summed E-state index contributed by atoms with van der Waals surface area (Å²) in [7, 11) is 0. The Hall–Kier alpha value is -3.40. The van der Waals surface area contributed by atoms with Gasteiger partial charge in [0.15, 0.2) is 5.82 Å². The molecule has 1 unspecified atom stereocenters.